The molecule has 7 nitrogen and oxygen atoms in total. The van der Waals surface area contributed by atoms with E-state index >= 15 is 0 Å². The number of nitrogens with zero attached hydrogens (tertiary/aromatic N) is 5. The minimum Gasteiger partial charge on any atom is -0.314 e. The maximum absolute atomic E-state index is 13.0. The molecule has 2 aromatic carbocycles. The van der Waals surface area contributed by atoms with Crippen molar-refractivity contribution in [2.45, 2.75) is 32.4 Å². The second-order valence-electron chi connectivity index (χ2n) is 7.41. The molecule has 9 heteroatoms. The molecule has 0 bridgehead atoms. The largest absolute Gasteiger partial charge is 0.322 e. The Labute approximate surface area is 190 Å². The number of rotatable bonds is 4. The van der Waals surface area contributed by atoms with Crippen LogP contribution in [0, 0.1) is 18.3 Å². The quantitative estimate of drug-likeness (QED) is 0.587. The molecule has 158 valence electrons. The number of carbonyl (C=O) groups is 1. The molecule has 0 radical (unpaired) electrons. The van der Waals surface area contributed by atoms with E-state index in [-0.39, 0.29) is 12.1 Å². The summed E-state index contributed by atoms with van der Waals surface area (Å²) in [6.45, 7) is 3.12. The minimum absolute atomic E-state index is 0.184. The van der Waals surface area contributed by atoms with Crippen LogP contribution in [0.2, 0.25) is 10.0 Å². The van der Waals surface area contributed by atoms with E-state index in [1.54, 1.807) is 23.1 Å². The molecule has 3 aromatic rings. The van der Waals surface area contributed by atoms with Crippen LogP contribution in [0.4, 0.5) is 10.5 Å². The number of benzene rings is 2. The number of anilines is 1. The first-order chi connectivity index (χ1) is 15.0. The number of carbonyl (C=O) groups excluding carboxylic acids is 1. The number of amides is 2. The highest BCUT2D eigenvalue weighted by molar-refractivity contribution is 6.31. The lowest BCUT2D eigenvalue weighted by molar-refractivity contribution is 0.204. The van der Waals surface area contributed by atoms with Gasteiger partial charge in [-0.1, -0.05) is 35.3 Å². The first-order valence-electron chi connectivity index (χ1n) is 9.87. The van der Waals surface area contributed by atoms with Gasteiger partial charge in [0.2, 0.25) is 0 Å². The molecule has 1 aliphatic heterocycles. The van der Waals surface area contributed by atoms with Gasteiger partial charge in [0.05, 0.1) is 23.2 Å². The van der Waals surface area contributed by atoms with Crippen LogP contribution in [0.5, 0.6) is 0 Å². The Hall–Kier alpha value is -3.08. The van der Waals surface area contributed by atoms with E-state index in [1.165, 1.54) is 0 Å². The zero-order valence-electron chi connectivity index (χ0n) is 16.8. The Morgan fingerprint density at radius 3 is 2.74 bits per heavy atom. The molecule has 0 unspecified atom stereocenters. The molecule has 1 N–H and O–H groups in total. The molecule has 1 atom stereocenters. The summed E-state index contributed by atoms with van der Waals surface area (Å²) in [6, 6.07) is 14.1. The molecular formula is C22H20Cl2N6O. The van der Waals surface area contributed by atoms with Gasteiger partial charge >= 0.3 is 6.03 Å². The van der Waals surface area contributed by atoms with Crippen molar-refractivity contribution in [3.05, 3.63) is 75.3 Å². The molecule has 1 aliphatic rings. The topological polar surface area (TPSA) is 86.8 Å². The Bertz CT molecular complexity index is 1150. The van der Waals surface area contributed by atoms with E-state index in [0.717, 1.165) is 30.1 Å². The van der Waals surface area contributed by atoms with Gasteiger partial charge in [0.1, 0.15) is 11.9 Å². The monoisotopic (exact) mass is 454 g/mol. The Morgan fingerprint density at radius 1 is 1.23 bits per heavy atom. The van der Waals surface area contributed by atoms with Gasteiger partial charge in [0, 0.05) is 17.3 Å². The number of likely N-dealkylation sites (tertiary alicyclic amines) is 1. The van der Waals surface area contributed by atoms with E-state index in [1.807, 2.05) is 41.8 Å². The Kier molecular flexibility index (Phi) is 6.12. The van der Waals surface area contributed by atoms with Gasteiger partial charge in [-0.05, 0) is 55.7 Å². The van der Waals surface area contributed by atoms with Crippen molar-refractivity contribution < 1.29 is 4.79 Å². The van der Waals surface area contributed by atoms with Crippen molar-refractivity contribution in [2.75, 3.05) is 11.9 Å². The van der Waals surface area contributed by atoms with Gasteiger partial charge in [-0.15, -0.1) is 10.2 Å². The molecule has 0 saturated carbocycles. The molecular weight excluding hydrogens is 435 g/mol. The van der Waals surface area contributed by atoms with E-state index < -0.39 is 0 Å². The van der Waals surface area contributed by atoms with Gasteiger partial charge in [-0.3, -0.25) is 0 Å². The number of aryl methyl sites for hydroxylation is 1. The van der Waals surface area contributed by atoms with Crippen LogP contribution < -0.4 is 5.32 Å². The summed E-state index contributed by atoms with van der Waals surface area (Å²) in [5.41, 5.74) is 1.92. The molecule has 0 spiro atoms. The molecule has 4 rings (SSSR count). The zero-order chi connectivity index (χ0) is 22.0. The maximum Gasteiger partial charge on any atom is 0.322 e. The third-order valence-corrected chi connectivity index (χ3v) is 5.95. The summed E-state index contributed by atoms with van der Waals surface area (Å²) in [7, 11) is 0. The standard InChI is InChI=1S/C22H20Cl2N6O/c1-14-27-28-21(30(14)13-15-4-6-17(23)7-5-15)20-3-2-10-29(20)22(31)26-18-8-9-19(24)16(11-18)12-25/h4-9,11,20H,2-3,10,13H2,1H3,(H,26,31)/t20-/m1/s1. The highest BCUT2D eigenvalue weighted by Crippen LogP contribution is 2.32. The maximum atomic E-state index is 13.0. The van der Waals surface area contributed by atoms with E-state index in [9.17, 15) is 4.79 Å². The summed E-state index contributed by atoms with van der Waals surface area (Å²) < 4.78 is 2.04. The fourth-order valence-corrected chi connectivity index (χ4v) is 4.06. The van der Waals surface area contributed by atoms with Gasteiger partial charge < -0.3 is 14.8 Å². The average molecular weight is 455 g/mol. The highest BCUT2D eigenvalue weighted by atomic mass is 35.5. The number of hydrogen-bond acceptors (Lipinski definition) is 4. The lowest BCUT2D eigenvalue weighted by atomic mass is 10.2. The van der Waals surface area contributed by atoms with Crippen LogP contribution in [0.3, 0.4) is 0 Å². The summed E-state index contributed by atoms with van der Waals surface area (Å²) in [5, 5.41) is 21.7. The summed E-state index contributed by atoms with van der Waals surface area (Å²) >= 11 is 12.0. The lowest BCUT2D eigenvalue weighted by Crippen LogP contribution is -2.35. The predicted octanol–water partition coefficient (Wildman–Crippen LogP) is 5.18. The zero-order valence-corrected chi connectivity index (χ0v) is 18.4. The van der Waals surface area contributed by atoms with E-state index in [0.29, 0.717) is 34.4 Å². The van der Waals surface area contributed by atoms with Gasteiger partial charge in [-0.25, -0.2) is 4.79 Å². The van der Waals surface area contributed by atoms with Gasteiger partial charge in [0.25, 0.3) is 0 Å². The Morgan fingerprint density at radius 2 is 2.00 bits per heavy atom. The summed E-state index contributed by atoms with van der Waals surface area (Å²) in [5.74, 6) is 1.54. The molecule has 1 fully saturated rings. The molecule has 31 heavy (non-hydrogen) atoms. The average Bonchev–Trinajstić information content (AvgIpc) is 3.38. The lowest BCUT2D eigenvalue weighted by Gasteiger charge is -2.25. The predicted molar refractivity (Wildman–Crippen MR) is 119 cm³/mol. The number of aromatic nitrogens is 3. The van der Waals surface area contributed by atoms with Crippen molar-refractivity contribution in [3.63, 3.8) is 0 Å². The molecule has 1 saturated heterocycles. The number of nitrogens with one attached hydrogen (secondary N) is 1. The third-order valence-electron chi connectivity index (χ3n) is 5.37. The van der Waals surface area contributed by atoms with Crippen LogP contribution in [-0.2, 0) is 6.54 Å². The van der Waals surface area contributed by atoms with Crippen molar-refractivity contribution in [1.29, 1.82) is 5.26 Å². The molecule has 2 heterocycles. The second kappa shape index (κ2) is 8.96. The van der Waals surface area contributed by atoms with Crippen molar-refractivity contribution in [1.82, 2.24) is 19.7 Å². The summed E-state index contributed by atoms with van der Waals surface area (Å²) in [6.07, 6.45) is 1.67. The minimum atomic E-state index is -0.243. The normalized spacial score (nSPS) is 15.7. The molecule has 0 aliphatic carbocycles. The fourth-order valence-electron chi connectivity index (χ4n) is 3.77. The van der Waals surface area contributed by atoms with Crippen LogP contribution in [0.15, 0.2) is 42.5 Å². The number of urea groups is 1. The molecule has 1 aromatic heterocycles. The number of hydrogen-bond donors (Lipinski definition) is 1. The van der Waals surface area contributed by atoms with Crippen molar-refractivity contribution in [3.8, 4) is 6.07 Å². The fraction of sp³-hybridized carbons (Fsp3) is 0.273. The smallest absolute Gasteiger partial charge is 0.314 e. The van der Waals surface area contributed by atoms with Crippen molar-refractivity contribution in [2.24, 2.45) is 0 Å². The first-order valence-corrected chi connectivity index (χ1v) is 10.6. The van der Waals surface area contributed by atoms with Crippen LogP contribution in [-0.4, -0.2) is 32.2 Å². The number of halogens is 2. The number of nitriles is 1. The molecule has 2 amide bonds. The summed E-state index contributed by atoms with van der Waals surface area (Å²) in [4.78, 5) is 14.8. The highest BCUT2D eigenvalue weighted by Gasteiger charge is 2.34. The van der Waals surface area contributed by atoms with Crippen LogP contribution >= 0.6 is 23.2 Å². The van der Waals surface area contributed by atoms with E-state index in [2.05, 4.69) is 15.5 Å². The second-order valence-corrected chi connectivity index (χ2v) is 8.25. The van der Waals surface area contributed by atoms with Crippen LogP contribution in [0.25, 0.3) is 0 Å². The van der Waals surface area contributed by atoms with Crippen LogP contribution in [0.1, 0.15) is 41.7 Å². The SMILES string of the molecule is Cc1nnc([C@H]2CCCN2C(=O)Nc2ccc(Cl)c(C#N)c2)n1Cc1ccc(Cl)cc1. The first kappa shape index (κ1) is 21.2. The third kappa shape index (κ3) is 4.50. The van der Waals surface area contributed by atoms with Gasteiger partial charge in [-0.2, -0.15) is 5.26 Å². The van der Waals surface area contributed by atoms with Gasteiger partial charge in [0.15, 0.2) is 5.82 Å². The van der Waals surface area contributed by atoms with E-state index in [4.69, 9.17) is 28.5 Å². The Balaban J connectivity index is 1.55. The van der Waals surface area contributed by atoms with Crippen molar-refractivity contribution >= 4 is 34.9 Å².